The fourth-order valence-corrected chi connectivity index (χ4v) is 4.36. The van der Waals surface area contributed by atoms with Crippen molar-refractivity contribution in [1.82, 2.24) is 9.66 Å². The number of rotatable bonds is 2. The number of halogens is 3. The summed E-state index contributed by atoms with van der Waals surface area (Å²) < 4.78 is 39.4. The maximum absolute atomic E-state index is 12.8. The van der Waals surface area contributed by atoms with Crippen LogP contribution in [0.1, 0.15) is 34.4 Å². The van der Waals surface area contributed by atoms with Crippen LogP contribution in [-0.4, -0.2) is 15.9 Å². The Morgan fingerprint density at radius 2 is 2.04 bits per heavy atom. The molecular weight excluding hydrogens is 363 g/mol. The third-order valence-corrected chi connectivity index (χ3v) is 5.60. The van der Waals surface area contributed by atoms with Crippen LogP contribution in [0.15, 0.2) is 40.5 Å². The second-order valence-corrected chi connectivity index (χ2v) is 7.24. The lowest BCUT2D eigenvalue weighted by Crippen LogP contribution is -2.18. The van der Waals surface area contributed by atoms with Crippen molar-refractivity contribution in [3.63, 3.8) is 0 Å². The first-order chi connectivity index (χ1) is 12.4. The summed E-state index contributed by atoms with van der Waals surface area (Å²) in [5, 5.41) is 4.62. The molecule has 0 bridgehead atoms. The Labute approximate surface area is 150 Å². The highest BCUT2D eigenvalue weighted by Gasteiger charge is 2.30. The van der Waals surface area contributed by atoms with Gasteiger partial charge in [-0.3, -0.25) is 4.79 Å². The van der Waals surface area contributed by atoms with Crippen molar-refractivity contribution in [2.24, 2.45) is 5.10 Å². The third-order valence-electron chi connectivity index (χ3n) is 4.40. The van der Waals surface area contributed by atoms with E-state index in [4.69, 9.17) is 0 Å². The zero-order chi connectivity index (χ0) is 18.3. The van der Waals surface area contributed by atoms with Gasteiger partial charge in [0.15, 0.2) is 0 Å². The molecule has 8 heteroatoms. The minimum atomic E-state index is -4.42. The molecule has 0 radical (unpaired) electrons. The highest BCUT2D eigenvalue weighted by Crippen LogP contribution is 2.33. The number of fused-ring (bicyclic) bond motifs is 3. The summed E-state index contributed by atoms with van der Waals surface area (Å²) in [6, 6.07) is 4.80. The average Bonchev–Trinajstić information content (AvgIpc) is 3.00. The predicted octanol–water partition coefficient (Wildman–Crippen LogP) is 4.24. The lowest BCUT2D eigenvalue weighted by atomic mass is 9.97. The Balaban J connectivity index is 1.73. The number of hydrogen-bond donors (Lipinski definition) is 0. The smallest absolute Gasteiger partial charge is 0.267 e. The SMILES string of the molecule is O=c1c2c3c(sc2ncn1N=Cc1cccc(C(F)(F)F)c1)CCCC3. The van der Waals surface area contributed by atoms with Gasteiger partial charge in [-0.1, -0.05) is 12.1 Å². The Morgan fingerprint density at radius 1 is 1.23 bits per heavy atom. The molecular formula is C18H14F3N3OS. The van der Waals surface area contributed by atoms with Gasteiger partial charge in [0, 0.05) is 4.88 Å². The molecule has 0 aliphatic heterocycles. The molecule has 4 rings (SSSR count). The number of aryl methyl sites for hydroxylation is 2. The van der Waals surface area contributed by atoms with Gasteiger partial charge in [-0.25, -0.2) is 4.98 Å². The molecule has 1 aliphatic rings. The number of benzene rings is 1. The molecule has 1 aromatic carbocycles. The van der Waals surface area contributed by atoms with Crippen molar-refractivity contribution in [1.29, 1.82) is 0 Å². The van der Waals surface area contributed by atoms with Crippen molar-refractivity contribution < 1.29 is 13.2 Å². The van der Waals surface area contributed by atoms with E-state index in [1.54, 1.807) is 11.3 Å². The van der Waals surface area contributed by atoms with Crippen LogP contribution in [-0.2, 0) is 19.0 Å². The standard InChI is InChI=1S/C18H14F3N3OS/c19-18(20,21)12-5-3-4-11(8-12)9-23-24-10-22-16-15(17(24)25)13-6-1-2-7-14(13)26-16/h3-5,8-10H,1-2,6-7H2. The lowest BCUT2D eigenvalue weighted by molar-refractivity contribution is -0.137. The second-order valence-electron chi connectivity index (χ2n) is 6.15. The summed E-state index contributed by atoms with van der Waals surface area (Å²) in [7, 11) is 0. The molecule has 0 saturated heterocycles. The van der Waals surface area contributed by atoms with E-state index in [1.165, 1.54) is 29.6 Å². The van der Waals surface area contributed by atoms with E-state index >= 15 is 0 Å². The van der Waals surface area contributed by atoms with Gasteiger partial charge in [0.25, 0.3) is 5.56 Å². The molecule has 0 atom stereocenters. The molecule has 1 aliphatic carbocycles. The molecule has 0 amide bonds. The van der Waals surface area contributed by atoms with Crippen LogP contribution >= 0.6 is 11.3 Å². The fraction of sp³-hybridized carbons (Fsp3) is 0.278. The molecule has 0 unspecified atom stereocenters. The first-order valence-electron chi connectivity index (χ1n) is 8.17. The summed E-state index contributed by atoms with van der Waals surface area (Å²) >= 11 is 1.54. The van der Waals surface area contributed by atoms with Crippen LogP contribution in [0.3, 0.4) is 0 Å². The maximum Gasteiger partial charge on any atom is 0.416 e. The van der Waals surface area contributed by atoms with Crippen LogP contribution in [0.5, 0.6) is 0 Å². The molecule has 134 valence electrons. The van der Waals surface area contributed by atoms with Gasteiger partial charge in [0.2, 0.25) is 0 Å². The van der Waals surface area contributed by atoms with Gasteiger partial charge in [0.1, 0.15) is 11.2 Å². The molecule has 0 fully saturated rings. The molecule has 4 nitrogen and oxygen atoms in total. The van der Waals surface area contributed by atoms with E-state index in [1.807, 2.05) is 0 Å². The van der Waals surface area contributed by atoms with E-state index in [2.05, 4.69) is 10.1 Å². The number of aromatic nitrogens is 2. The summed E-state index contributed by atoms with van der Waals surface area (Å²) in [6.45, 7) is 0. The van der Waals surface area contributed by atoms with Crippen molar-refractivity contribution in [2.75, 3.05) is 0 Å². The number of hydrogen-bond acceptors (Lipinski definition) is 4. The van der Waals surface area contributed by atoms with E-state index in [0.717, 1.165) is 48.1 Å². The Bertz CT molecular complexity index is 1070. The zero-order valence-electron chi connectivity index (χ0n) is 13.6. The van der Waals surface area contributed by atoms with E-state index < -0.39 is 11.7 Å². The second kappa shape index (κ2) is 6.35. The van der Waals surface area contributed by atoms with Crippen LogP contribution in [0.2, 0.25) is 0 Å². The first kappa shape index (κ1) is 17.0. The highest BCUT2D eigenvalue weighted by molar-refractivity contribution is 7.18. The number of alkyl halides is 3. The average molecular weight is 377 g/mol. The molecule has 0 saturated carbocycles. The number of nitrogens with zero attached hydrogens (tertiary/aromatic N) is 3. The molecule has 0 spiro atoms. The van der Waals surface area contributed by atoms with Gasteiger partial charge < -0.3 is 0 Å². The van der Waals surface area contributed by atoms with Crippen LogP contribution in [0.4, 0.5) is 13.2 Å². The van der Waals surface area contributed by atoms with Gasteiger partial charge in [0.05, 0.1) is 17.2 Å². The van der Waals surface area contributed by atoms with Crippen molar-refractivity contribution in [2.45, 2.75) is 31.9 Å². The number of thiophene rings is 1. The van der Waals surface area contributed by atoms with Gasteiger partial charge in [-0.2, -0.15) is 22.9 Å². The summed E-state index contributed by atoms with van der Waals surface area (Å²) in [4.78, 5) is 19.0. The van der Waals surface area contributed by atoms with Crippen LogP contribution in [0, 0.1) is 0 Å². The lowest BCUT2D eigenvalue weighted by Gasteiger charge is -2.09. The van der Waals surface area contributed by atoms with Crippen molar-refractivity contribution in [3.05, 3.63) is 62.5 Å². The molecule has 3 aromatic rings. The Kier molecular flexibility index (Phi) is 4.14. The summed E-state index contributed by atoms with van der Waals surface area (Å²) in [6.07, 6.45) is 2.11. The fourth-order valence-electron chi connectivity index (χ4n) is 3.14. The van der Waals surface area contributed by atoms with Gasteiger partial charge in [-0.05, 0) is 48.9 Å². The normalized spacial score (nSPS) is 14.9. The molecule has 26 heavy (non-hydrogen) atoms. The topological polar surface area (TPSA) is 47.2 Å². The third kappa shape index (κ3) is 3.05. The largest absolute Gasteiger partial charge is 0.416 e. The maximum atomic E-state index is 12.8. The van der Waals surface area contributed by atoms with Crippen molar-refractivity contribution in [3.8, 4) is 0 Å². The van der Waals surface area contributed by atoms with E-state index in [9.17, 15) is 18.0 Å². The minimum Gasteiger partial charge on any atom is -0.267 e. The first-order valence-corrected chi connectivity index (χ1v) is 8.98. The molecule has 0 N–H and O–H groups in total. The zero-order valence-corrected chi connectivity index (χ0v) is 14.4. The van der Waals surface area contributed by atoms with Gasteiger partial charge >= 0.3 is 6.18 Å². The predicted molar refractivity (Wildman–Crippen MR) is 95.0 cm³/mol. The molecule has 2 heterocycles. The van der Waals surface area contributed by atoms with E-state index in [-0.39, 0.29) is 11.1 Å². The monoisotopic (exact) mass is 377 g/mol. The van der Waals surface area contributed by atoms with Crippen LogP contribution < -0.4 is 5.56 Å². The molecule has 2 aromatic heterocycles. The Hall–Kier alpha value is -2.48. The Morgan fingerprint density at radius 3 is 2.85 bits per heavy atom. The van der Waals surface area contributed by atoms with E-state index in [0.29, 0.717) is 10.2 Å². The van der Waals surface area contributed by atoms with Crippen molar-refractivity contribution >= 4 is 27.8 Å². The summed E-state index contributed by atoms with van der Waals surface area (Å²) in [5.74, 6) is 0. The van der Waals surface area contributed by atoms with Crippen LogP contribution in [0.25, 0.3) is 10.2 Å². The summed E-state index contributed by atoms with van der Waals surface area (Å²) in [5.41, 5.74) is 0.281. The van der Waals surface area contributed by atoms with Gasteiger partial charge in [-0.15, -0.1) is 11.3 Å². The quantitative estimate of drug-likeness (QED) is 0.627. The minimum absolute atomic E-state index is 0.263. The highest BCUT2D eigenvalue weighted by atomic mass is 32.1.